The molecule has 0 fully saturated rings. The van der Waals surface area contributed by atoms with Gasteiger partial charge in [-0.15, -0.1) is 0 Å². The van der Waals surface area contributed by atoms with Crippen LogP contribution in [0, 0.1) is 12.8 Å². The summed E-state index contributed by atoms with van der Waals surface area (Å²) in [5.74, 6) is 0. The first-order chi connectivity index (χ1) is 6.42. The van der Waals surface area contributed by atoms with Crippen LogP contribution in [0.3, 0.4) is 0 Å². The second kappa shape index (κ2) is 4.82. The van der Waals surface area contributed by atoms with Crippen molar-refractivity contribution in [2.45, 2.75) is 0 Å². The Morgan fingerprint density at radius 3 is 3.07 bits per heavy atom. The summed E-state index contributed by atoms with van der Waals surface area (Å²) in [6.07, 6.45) is 10.6. The molecule has 2 rings (SSSR count). The minimum Gasteiger partial charge on any atom is -0.428 e. The number of imidazole rings is 1. The Kier molecular flexibility index (Phi) is 3.71. The first-order valence-corrected chi connectivity index (χ1v) is 3.68. The summed E-state index contributed by atoms with van der Waals surface area (Å²) in [5.41, 5.74) is 1.45. The molecule has 2 heterocycles. The van der Waals surface area contributed by atoms with Gasteiger partial charge in [0.05, 0.1) is 11.2 Å². The van der Waals surface area contributed by atoms with Crippen molar-refractivity contribution in [2.24, 2.45) is 0 Å². The van der Waals surface area contributed by atoms with Gasteiger partial charge in [0.2, 0.25) is 0 Å². The summed E-state index contributed by atoms with van der Waals surface area (Å²) in [6, 6.07) is 0. The van der Waals surface area contributed by atoms with Gasteiger partial charge in [0.25, 0.3) is 0 Å². The van der Waals surface area contributed by atoms with E-state index in [1.54, 1.807) is 23.2 Å². The van der Waals surface area contributed by atoms with E-state index in [1.807, 2.05) is 0 Å². The second-order valence-corrected chi connectivity index (χ2v) is 2.33. The summed E-state index contributed by atoms with van der Waals surface area (Å²) in [5, 5.41) is 0. The largest absolute Gasteiger partial charge is 2.00 e. The minimum atomic E-state index is 0. The van der Waals surface area contributed by atoms with Gasteiger partial charge >= 0.3 is 21.1 Å². The molecule has 0 atom stereocenters. The Hall–Kier alpha value is -1.28. The maximum absolute atomic E-state index is 5.18. The third kappa shape index (κ3) is 1.96. The molecule has 0 aliphatic carbocycles. The van der Waals surface area contributed by atoms with Crippen molar-refractivity contribution >= 4 is 11.2 Å². The van der Waals surface area contributed by atoms with Crippen molar-refractivity contribution in [3.05, 3.63) is 43.8 Å². The van der Waals surface area contributed by atoms with Crippen LogP contribution in [0.25, 0.3) is 11.2 Å². The molecule has 0 unspecified atom stereocenters. The minimum absolute atomic E-state index is 0. The third-order valence-corrected chi connectivity index (χ3v) is 1.52. The van der Waals surface area contributed by atoms with Gasteiger partial charge in [-0.25, -0.2) is 4.98 Å². The van der Waals surface area contributed by atoms with Gasteiger partial charge in [-0.1, -0.05) is 0 Å². The number of allylic oxidation sites excluding steroid dienone is 2. The number of hydrogen-bond acceptors (Lipinski definition) is 3. The van der Waals surface area contributed by atoms with Gasteiger partial charge in [-0.05, 0) is 0 Å². The molecule has 0 aromatic carbocycles. The van der Waals surface area contributed by atoms with Crippen LogP contribution in [0.4, 0.5) is 0 Å². The zero-order valence-corrected chi connectivity index (χ0v) is 9.34. The molecule has 0 N–H and O–H groups in total. The third-order valence-electron chi connectivity index (χ3n) is 1.52. The van der Waals surface area contributed by atoms with E-state index in [9.17, 15) is 0 Å². The van der Waals surface area contributed by atoms with Crippen molar-refractivity contribution in [1.82, 2.24) is 19.5 Å². The quantitative estimate of drug-likeness (QED) is 0.589. The number of aromatic nitrogens is 4. The molecule has 0 aliphatic rings. The van der Waals surface area contributed by atoms with E-state index >= 15 is 0 Å². The molecule has 0 bridgehead atoms. The first kappa shape index (κ1) is 10.8. The Balaban J connectivity index is 0.000000980. The van der Waals surface area contributed by atoms with Crippen LogP contribution in [0.15, 0.2) is 31.0 Å². The molecule has 0 aliphatic heterocycles. The fourth-order valence-corrected chi connectivity index (χ4v) is 0.985. The Morgan fingerprint density at radius 1 is 1.43 bits per heavy atom. The van der Waals surface area contributed by atoms with Crippen LogP contribution in [-0.2, 0) is 21.1 Å². The van der Waals surface area contributed by atoms with Crippen LogP contribution < -0.4 is 0 Å². The van der Waals surface area contributed by atoms with Crippen LogP contribution in [-0.4, -0.2) is 19.5 Å². The fourth-order valence-electron chi connectivity index (χ4n) is 0.985. The predicted octanol–water partition coefficient (Wildman–Crippen LogP) is 0.978. The standard InChI is InChI=1S/C9H6N4.Pt/c1-2-3-4-13-7-12-8-5-10-6-11-9(8)13;/h1-3,5-7H;/q-2;+2. The Morgan fingerprint density at radius 2 is 2.29 bits per heavy atom. The van der Waals surface area contributed by atoms with Crippen molar-refractivity contribution < 1.29 is 21.1 Å². The Labute approximate surface area is 95.7 Å². The number of rotatable bonds is 2. The summed E-state index contributed by atoms with van der Waals surface area (Å²) in [7, 11) is 0. The molecule has 0 saturated heterocycles. The summed E-state index contributed by atoms with van der Waals surface area (Å²) < 4.78 is 1.65. The fraction of sp³-hybridized carbons (Fsp3) is 0. The maximum atomic E-state index is 5.18. The van der Waals surface area contributed by atoms with Crippen LogP contribution >= 0.6 is 0 Å². The molecule has 4 nitrogen and oxygen atoms in total. The van der Waals surface area contributed by atoms with Gasteiger partial charge in [0, 0.05) is 12.5 Å². The topological polar surface area (TPSA) is 43.6 Å². The van der Waals surface area contributed by atoms with E-state index in [1.165, 1.54) is 12.4 Å². The van der Waals surface area contributed by atoms with Crippen LogP contribution in [0.1, 0.15) is 0 Å². The predicted molar refractivity (Wildman–Crippen MR) is 47.4 cm³/mol. The molecule has 0 saturated carbocycles. The zero-order chi connectivity index (χ0) is 9.10. The van der Waals surface area contributed by atoms with Gasteiger partial charge in [-0.2, -0.15) is 6.20 Å². The molecule has 5 heteroatoms. The Bertz CT molecular complexity index is 461. The maximum Gasteiger partial charge on any atom is 2.00 e. The zero-order valence-electron chi connectivity index (χ0n) is 7.07. The molecular formula is C9H6N4Pt. The van der Waals surface area contributed by atoms with Crippen molar-refractivity contribution in [3.8, 4) is 0 Å². The number of hydrogen-bond donors (Lipinski definition) is 0. The van der Waals surface area contributed by atoms with Crippen LogP contribution in [0.5, 0.6) is 0 Å². The number of nitrogens with zero attached hydrogens (tertiary/aromatic N) is 4. The SMILES string of the molecule is [CH-]=CC=[C-]n1cnc2cncnc21.[Pt+2]. The van der Waals surface area contributed by atoms with E-state index in [2.05, 4.69) is 21.2 Å². The van der Waals surface area contributed by atoms with Crippen molar-refractivity contribution in [2.75, 3.05) is 0 Å². The van der Waals surface area contributed by atoms with Crippen LogP contribution in [0.2, 0.25) is 0 Å². The van der Waals surface area contributed by atoms with E-state index in [0.29, 0.717) is 5.65 Å². The van der Waals surface area contributed by atoms with Gasteiger partial charge in [-0.3, -0.25) is 16.0 Å². The summed E-state index contributed by atoms with van der Waals surface area (Å²) >= 11 is 0. The molecule has 0 spiro atoms. The monoisotopic (exact) mass is 365 g/mol. The smallest absolute Gasteiger partial charge is 0.428 e. The summed E-state index contributed by atoms with van der Waals surface area (Å²) in [6.45, 7) is 5.18. The molecular weight excluding hydrogens is 359 g/mol. The average molecular weight is 365 g/mol. The molecule has 14 heavy (non-hydrogen) atoms. The molecule has 2 aromatic heterocycles. The molecule has 0 amide bonds. The van der Waals surface area contributed by atoms with E-state index in [-0.39, 0.29) is 21.1 Å². The van der Waals surface area contributed by atoms with Crippen molar-refractivity contribution in [1.29, 1.82) is 0 Å². The molecule has 0 radical (unpaired) electrons. The second-order valence-electron chi connectivity index (χ2n) is 2.33. The van der Waals surface area contributed by atoms with Gasteiger partial charge in [0.1, 0.15) is 6.33 Å². The summed E-state index contributed by atoms with van der Waals surface area (Å²) in [4.78, 5) is 12.0. The molecule has 72 valence electrons. The van der Waals surface area contributed by atoms with Crippen molar-refractivity contribution in [3.63, 3.8) is 0 Å². The van der Waals surface area contributed by atoms with Gasteiger partial charge in [0.15, 0.2) is 0 Å². The van der Waals surface area contributed by atoms with Gasteiger partial charge < -0.3 is 17.2 Å². The number of fused-ring (bicyclic) bond motifs is 1. The normalized spacial score (nSPS) is 10.3. The average Bonchev–Trinajstić information content (AvgIpc) is 2.58. The first-order valence-electron chi connectivity index (χ1n) is 3.68. The van der Waals surface area contributed by atoms with E-state index < -0.39 is 0 Å². The van der Waals surface area contributed by atoms with E-state index in [4.69, 9.17) is 6.58 Å². The molecule has 2 aromatic rings. The van der Waals surface area contributed by atoms with E-state index in [0.717, 1.165) is 5.52 Å².